The van der Waals surface area contributed by atoms with Crippen LogP contribution in [0, 0.1) is 0 Å². The molecule has 1 rings (SSSR count). The molecule has 1 N–H and O–H groups in total. The predicted octanol–water partition coefficient (Wildman–Crippen LogP) is 2.58. The molecule has 9 heteroatoms. The molecule has 0 spiro atoms. The van der Waals surface area contributed by atoms with Crippen molar-refractivity contribution in [2.75, 3.05) is 11.8 Å². The average Bonchev–Trinajstić information content (AvgIpc) is 2.25. The first-order valence-corrected chi connectivity index (χ1v) is 7.07. The van der Waals surface area contributed by atoms with Gasteiger partial charge in [-0.2, -0.15) is 12.7 Å². The molecule has 0 aliphatic rings. The van der Waals surface area contributed by atoms with E-state index in [9.17, 15) is 21.6 Å². The first kappa shape index (κ1) is 16.6. The zero-order chi connectivity index (χ0) is 15.6. The largest absolute Gasteiger partial charge is 0.573 e. The Balaban J connectivity index is 2.91. The van der Waals surface area contributed by atoms with Gasteiger partial charge in [-0.15, -0.1) is 13.2 Å². The van der Waals surface area contributed by atoms with E-state index in [1.807, 2.05) is 0 Å². The standard InChI is InChI=1S/C11H15F3N2O3S/c1-8(2)16(3)20(17,18)15-9-5-4-6-10(7-9)19-11(12,13)14/h4-8,15H,1-3H3. The van der Waals surface area contributed by atoms with Gasteiger partial charge in [0.2, 0.25) is 0 Å². The molecule has 20 heavy (non-hydrogen) atoms. The molecule has 0 aliphatic heterocycles. The van der Waals surface area contributed by atoms with Crippen LogP contribution in [0.1, 0.15) is 13.8 Å². The summed E-state index contributed by atoms with van der Waals surface area (Å²) in [6.07, 6.45) is -4.83. The maximum Gasteiger partial charge on any atom is 0.573 e. The van der Waals surface area contributed by atoms with Gasteiger partial charge in [0.05, 0.1) is 5.69 Å². The van der Waals surface area contributed by atoms with Crippen molar-refractivity contribution in [3.8, 4) is 5.75 Å². The number of hydrogen-bond donors (Lipinski definition) is 1. The minimum atomic E-state index is -4.83. The number of benzene rings is 1. The topological polar surface area (TPSA) is 58.6 Å². The Kier molecular flexibility index (Phi) is 4.87. The van der Waals surface area contributed by atoms with Gasteiger partial charge >= 0.3 is 16.6 Å². The Labute approximate surface area is 115 Å². The van der Waals surface area contributed by atoms with Crippen molar-refractivity contribution in [1.29, 1.82) is 0 Å². The molecule has 1 aromatic rings. The van der Waals surface area contributed by atoms with E-state index in [0.29, 0.717) is 0 Å². The zero-order valence-electron chi connectivity index (χ0n) is 11.1. The summed E-state index contributed by atoms with van der Waals surface area (Å²) in [6, 6.07) is 4.34. The maximum absolute atomic E-state index is 12.1. The van der Waals surface area contributed by atoms with Crippen molar-refractivity contribution >= 4 is 15.9 Å². The van der Waals surface area contributed by atoms with Crippen molar-refractivity contribution in [2.24, 2.45) is 0 Å². The Morgan fingerprint density at radius 2 is 1.90 bits per heavy atom. The van der Waals surface area contributed by atoms with Gasteiger partial charge in [-0.25, -0.2) is 0 Å². The van der Waals surface area contributed by atoms with E-state index >= 15 is 0 Å². The fraction of sp³-hybridized carbons (Fsp3) is 0.455. The summed E-state index contributed by atoms with van der Waals surface area (Å²) in [5.74, 6) is -0.495. The van der Waals surface area contributed by atoms with Crippen LogP contribution in [0.25, 0.3) is 0 Å². The van der Waals surface area contributed by atoms with Crippen LogP contribution in [0.5, 0.6) is 5.75 Å². The molecule has 1 aromatic carbocycles. The van der Waals surface area contributed by atoms with Crippen molar-refractivity contribution in [1.82, 2.24) is 4.31 Å². The van der Waals surface area contributed by atoms with Gasteiger partial charge < -0.3 is 4.74 Å². The lowest BCUT2D eigenvalue weighted by molar-refractivity contribution is -0.274. The second-order valence-electron chi connectivity index (χ2n) is 4.29. The molecular formula is C11H15F3N2O3S. The van der Waals surface area contributed by atoms with Crippen LogP contribution in [0.2, 0.25) is 0 Å². The Morgan fingerprint density at radius 3 is 2.40 bits per heavy atom. The molecule has 0 atom stereocenters. The number of hydrogen-bond acceptors (Lipinski definition) is 3. The van der Waals surface area contributed by atoms with Gasteiger partial charge in [0.25, 0.3) is 0 Å². The summed E-state index contributed by atoms with van der Waals surface area (Å²) in [7, 11) is -2.46. The number of rotatable bonds is 5. The molecule has 0 aromatic heterocycles. The fourth-order valence-corrected chi connectivity index (χ4v) is 2.38. The van der Waals surface area contributed by atoms with Crippen LogP contribution in [0.3, 0.4) is 0 Å². The number of halogens is 3. The third-order valence-electron chi connectivity index (χ3n) is 2.42. The van der Waals surface area contributed by atoms with E-state index in [4.69, 9.17) is 0 Å². The molecule has 0 heterocycles. The lowest BCUT2D eigenvalue weighted by Crippen LogP contribution is -2.37. The summed E-state index contributed by atoms with van der Waals surface area (Å²) in [5, 5.41) is 0. The number of ether oxygens (including phenoxy) is 1. The first-order valence-electron chi connectivity index (χ1n) is 5.63. The molecule has 0 fully saturated rings. The molecule has 0 amide bonds. The molecule has 0 aliphatic carbocycles. The Morgan fingerprint density at radius 1 is 1.30 bits per heavy atom. The van der Waals surface area contributed by atoms with Gasteiger partial charge in [0.15, 0.2) is 0 Å². The minimum absolute atomic E-state index is 0.0146. The van der Waals surface area contributed by atoms with E-state index < -0.39 is 22.3 Å². The van der Waals surface area contributed by atoms with Gasteiger partial charge in [0.1, 0.15) is 5.75 Å². The van der Waals surface area contributed by atoms with E-state index in [1.54, 1.807) is 13.8 Å². The van der Waals surface area contributed by atoms with E-state index in [0.717, 1.165) is 16.4 Å². The lowest BCUT2D eigenvalue weighted by atomic mass is 10.3. The number of nitrogens with zero attached hydrogens (tertiary/aromatic N) is 1. The number of nitrogens with one attached hydrogen (secondary N) is 1. The van der Waals surface area contributed by atoms with Gasteiger partial charge in [-0.05, 0) is 26.0 Å². The van der Waals surface area contributed by atoms with Crippen LogP contribution >= 0.6 is 0 Å². The zero-order valence-corrected chi connectivity index (χ0v) is 11.9. The summed E-state index contributed by atoms with van der Waals surface area (Å²) in [4.78, 5) is 0. The molecule has 0 saturated carbocycles. The summed E-state index contributed by atoms with van der Waals surface area (Å²) < 4.78 is 67.0. The second kappa shape index (κ2) is 5.88. The summed E-state index contributed by atoms with van der Waals surface area (Å²) in [5.41, 5.74) is -0.0146. The Hall–Kier alpha value is -1.48. The third-order valence-corrected chi connectivity index (χ3v) is 4.09. The van der Waals surface area contributed by atoms with Crippen LogP contribution in [0.15, 0.2) is 24.3 Å². The maximum atomic E-state index is 12.1. The monoisotopic (exact) mass is 312 g/mol. The highest BCUT2D eigenvalue weighted by atomic mass is 32.2. The normalized spacial score (nSPS) is 12.8. The highest BCUT2D eigenvalue weighted by molar-refractivity contribution is 7.90. The first-order chi connectivity index (χ1) is 9.01. The van der Waals surface area contributed by atoms with Crippen molar-refractivity contribution in [3.05, 3.63) is 24.3 Å². The predicted molar refractivity (Wildman–Crippen MR) is 68.6 cm³/mol. The number of alkyl halides is 3. The smallest absolute Gasteiger partial charge is 0.406 e. The Bertz CT molecular complexity index is 558. The average molecular weight is 312 g/mol. The van der Waals surface area contributed by atoms with Crippen LogP contribution < -0.4 is 9.46 Å². The molecule has 0 unspecified atom stereocenters. The SMILES string of the molecule is CC(C)N(C)S(=O)(=O)Nc1cccc(OC(F)(F)F)c1. The molecule has 5 nitrogen and oxygen atoms in total. The van der Waals surface area contributed by atoms with Gasteiger partial charge in [0, 0.05) is 19.2 Å². The van der Waals surface area contributed by atoms with E-state index in [2.05, 4.69) is 9.46 Å². The van der Waals surface area contributed by atoms with E-state index in [1.165, 1.54) is 19.2 Å². The van der Waals surface area contributed by atoms with Crippen LogP contribution in [-0.2, 0) is 10.2 Å². The van der Waals surface area contributed by atoms with Gasteiger partial charge in [-0.3, -0.25) is 4.72 Å². The minimum Gasteiger partial charge on any atom is -0.406 e. The molecular weight excluding hydrogens is 297 g/mol. The molecule has 0 bridgehead atoms. The van der Waals surface area contributed by atoms with Crippen molar-refractivity contribution < 1.29 is 26.3 Å². The quantitative estimate of drug-likeness (QED) is 0.909. The highest BCUT2D eigenvalue weighted by Gasteiger charge is 2.31. The molecule has 114 valence electrons. The van der Waals surface area contributed by atoms with Crippen LogP contribution in [0.4, 0.5) is 18.9 Å². The summed E-state index contributed by atoms with van der Waals surface area (Å²) >= 11 is 0. The second-order valence-corrected chi connectivity index (χ2v) is 6.02. The molecule has 0 radical (unpaired) electrons. The molecule has 0 saturated heterocycles. The fourth-order valence-electron chi connectivity index (χ4n) is 1.26. The van der Waals surface area contributed by atoms with Crippen molar-refractivity contribution in [2.45, 2.75) is 26.3 Å². The van der Waals surface area contributed by atoms with E-state index in [-0.39, 0.29) is 11.7 Å². The third kappa shape index (κ3) is 4.89. The van der Waals surface area contributed by atoms with Crippen LogP contribution in [-0.4, -0.2) is 32.2 Å². The highest BCUT2D eigenvalue weighted by Crippen LogP contribution is 2.25. The van der Waals surface area contributed by atoms with Crippen molar-refractivity contribution in [3.63, 3.8) is 0 Å². The summed E-state index contributed by atoms with van der Waals surface area (Å²) in [6.45, 7) is 3.34. The van der Waals surface area contributed by atoms with Gasteiger partial charge in [-0.1, -0.05) is 6.07 Å². The number of anilines is 1. The lowest BCUT2D eigenvalue weighted by Gasteiger charge is -2.21.